The van der Waals surface area contributed by atoms with E-state index in [-0.39, 0.29) is 32.8 Å². The van der Waals surface area contributed by atoms with E-state index < -0.39 is 42.9 Å². The molecule has 0 bridgehead atoms. The number of hydrogen-bond donors (Lipinski definition) is 5. The fraction of sp³-hybridized carbons (Fsp3) is 0.667. The van der Waals surface area contributed by atoms with Crippen LogP contribution < -0.4 is 26.6 Å². The summed E-state index contributed by atoms with van der Waals surface area (Å²) in [5, 5.41) is 22.7. The number of nitrogens with zero attached hydrogens (tertiary/aromatic N) is 4. The van der Waals surface area contributed by atoms with Crippen LogP contribution in [0, 0.1) is 0 Å². The largest absolute Gasteiger partial charge is 0.443 e. The number of nitrogens with one attached hydrogen (secondary N) is 5. The van der Waals surface area contributed by atoms with Gasteiger partial charge in [-0.1, -0.05) is 12.1 Å². The highest BCUT2D eigenvalue weighted by molar-refractivity contribution is 5.90. The third kappa shape index (κ3) is 21.1. The van der Waals surface area contributed by atoms with Crippen LogP contribution in [0.2, 0.25) is 0 Å². The van der Waals surface area contributed by atoms with Gasteiger partial charge < -0.3 is 50.4 Å². The van der Waals surface area contributed by atoms with Gasteiger partial charge in [-0.15, -0.1) is 10.3 Å². The molecule has 0 aliphatic rings. The van der Waals surface area contributed by atoms with Crippen molar-refractivity contribution in [1.29, 1.82) is 0 Å². The molecule has 0 radical (unpaired) electrons. The van der Waals surface area contributed by atoms with Gasteiger partial charge >= 0.3 is 6.09 Å². The normalized spacial score (nSPS) is 10.3. The molecule has 0 aliphatic heterocycles. The number of carbonyl (C=O) groups is 5. The number of amides is 5. The first-order valence-corrected chi connectivity index (χ1v) is 13.5. The van der Waals surface area contributed by atoms with E-state index in [0.29, 0.717) is 45.3 Å². The average Bonchev–Trinajstić information content (AvgIpc) is 3.46. The molecule has 19 nitrogen and oxygen atoms in total. The highest BCUT2D eigenvalue weighted by atomic mass is 16.6. The molecule has 43 heavy (non-hydrogen) atoms. The maximum Gasteiger partial charge on any atom is 0.407 e. The van der Waals surface area contributed by atoms with E-state index >= 15 is 0 Å². The fourth-order valence-corrected chi connectivity index (χ4v) is 2.79. The summed E-state index contributed by atoms with van der Waals surface area (Å²) < 4.78 is 22.8. The third-order valence-electron chi connectivity index (χ3n) is 4.84. The number of hydrogen-bond acceptors (Lipinski definition) is 13. The number of carbonyl (C=O) groups excluding carboxylic acids is 5. The molecule has 1 heterocycles. The predicted molar refractivity (Wildman–Crippen MR) is 148 cm³/mol. The molecule has 0 atom stereocenters. The van der Waals surface area contributed by atoms with Gasteiger partial charge in [-0.25, -0.2) is 9.48 Å². The molecule has 0 unspecified atom stereocenters. The Bertz CT molecular complexity index is 993. The van der Waals surface area contributed by atoms with Gasteiger partial charge in [0.15, 0.2) is 6.61 Å². The lowest BCUT2D eigenvalue weighted by Crippen LogP contribution is -2.45. The van der Waals surface area contributed by atoms with E-state index in [1.807, 2.05) is 6.92 Å². The molecular weight excluding hydrogens is 574 g/mol. The number of alkyl carbamates (subject to hydrolysis) is 1. The van der Waals surface area contributed by atoms with Crippen LogP contribution in [0.15, 0.2) is 11.4 Å². The van der Waals surface area contributed by atoms with Gasteiger partial charge in [-0.05, 0) is 6.42 Å². The zero-order valence-electron chi connectivity index (χ0n) is 24.3. The van der Waals surface area contributed by atoms with Crippen LogP contribution >= 0.6 is 0 Å². The van der Waals surface area contributed by atoms with Gasteiger partial charge in [0.1, 0.15) is 12.3 Å². The van der Waals surface area contributed by atoms with Crippen molar-refractivity contribution in [3.63, 3.8) is 0 Å². The number of aromatic nitrogens is 3. The van der Waals surface area contributed by atoms with Crippen molar-refractivity contribution in [1.82, 2.24) is 41.6 Å². The first-order valence-electron chi connectivity index (χ1n) is 13.5. The maximum absolute atomic E-state index is 11.8. The van der Waals surface area contributed by atoms with Crippen molar-refractivity contribution >= 4 is 36.4 Å². The molecule has 0 fully saturated rings. The van der Waals surface area contributed by atoms with Crippen LogP contribution in [-0.2, 0) is 56.1 Å². The highest BCUT2D eigenvalue weighted by Crippen LogP contribution is 1.97. The molecule has 0 spiro atoms. The lowest BCUT2D eigenvalue weighted by molar-refractivity contribution is -0.130. The van der Waals surface area contributed by atoms with Gasteiger partial charge in [0.05, 0.1) is 65.4 Å². The SMILES string of the molecule is C=NOCC(=O)NCC(=O)NCC(=O)NCC(=O)NCCNC(=O)OCc1cn(CCOCCOCCOCCC)nn1. The van der Waals surface area contributed by atoms with Crippen molar-refractivity contribution in [3.05, 3.63) is 11.9 Å². The Kier molecular flexibility index (Phi) is 20.7. The predicted octanol–water partition coefficient (Wildman–Crippen LogP) is -2.94. The minimum absolute atomic E-state index is 0.0771. The fourth-order valence-electron chi connectivity index (χ4n) is 2.79. The minimum Gasteiger partial charge on any atom is -0.443 e. The van der Waals surface area contributed by atoms with Gasteiger partial charge in [0.2, 0.25) is 17.7 Å². The Morgan fingerprint density at radius 1 is 0.791 bits per heavy atom. The lowest BCUT2D eigenvalue weighted by Gasteiger charge is -2.09. The highest BCUT2D eigenvalue weighted by Gasteiger charge is 2.10. The summed E-state index contributed by atoms with van der Waals surface area (Å²) in [5.74, 6) is -2.33. The van der Waals surface area contributed by atoms with E-state index in [2.05, 4.69) is 53.6 Å². The van der Waals surface area contributed by atoms with Gasteiger partial charge in [-0.2, -0.15) is 0 Å². The number of rotatable bonds is 25. The van der Waals surface area contributed by atoms with Crippen LogP contribution in [0.25, 0.3) is 0 Å². The second kappa shape index (κ2) is 24.3. The Labute approximate surface area is 248 Å². The molecule has 0 saturated carbocycles. The van der Waals surface area contributed by atoms with Gasteiger partial charge in [0, 0.05) is 26.4 Å². The minimum atomic E-state index is -0.711. The smallest absolute Gasteiger partial charge is 0.407 e. The monoisotopic (exact) mass is 615 g/mol. The van der Waals surface area contributed by atoms with E-state index in [4.69, 9.17) is 18.9 Å². The molecule has 0 saturated heterocycles. The average molecular weight is 616 g/mol. The summed E-state index contributed by atoms with van der Waals surface area (Å²) in [7, 11) is 0. The Morgan fingerprint density at radius 3 is 1.98 bits per heavy atom. The van der Waals surface area contributed by atoms with Crippen LogP contribution in [-0.4, -0.2) is 130 Å². The summed E-state index contributed by atoms with van der Waals surface area (Å²) in [5.41, 5.74) is 0.450. The second-order valence-corrected chi connectivity index (χ2v) is 8.40. The Morgan fingerprint density at radius 2 is 1.35 bits per heavy atom. The Hall–Kier alpha value is -4.36. The number of oxime groups is 1. The third-order valence-corrected chi connectivity index (χ3v) is 4.84. The van der Waals surface area contributed by atoms with Crippen molar-refractivity contribution in [2.24, 2.45) is 5.16 Å². The lowest BCUT2D eigenvalue weighted by atomic mass is 10.4. The van der Waals surface area contributed by atoms with Crippen molar-refractivity contribution in [3.8, 4) is 0 Å². The molecular formula is C24H41N9O10. The zero-order valence-corrected chi connectivity index (χ0v) is 24.3. The quantitative estimate of drug-likeness (QED) is 0.0422. The Balaban J connectivity index is 2.03. The molecule has 0 aromatic carbocycles. The summed E-state index contributed by atoms with van der Waals surface area (Å²) in [4.78, 5) is 62.7. The molecule has 242 valence electrons. The van der Waals surface area contributed by atoms with Crippen LogP contribution in [0.4, 0.5) is 4.79 Å². The number of ether oxygens (including phenoxy) is 4. The molecule has 19 heteroatoms. The standard InChI is InChI=1S/C24H41N9O10/c1-3-7-39-9-11-41-12-10-40-8-6-33-16-19(31-32-33)17-42-24(38)27-5-4-26-20(34)13-28-21(35)14-29-22(36)15-30-23(37)18-43-25-2/h16H,2-15,17-18H2,1H3,(H,26,34)(H,27,38)(H,28,35)(H,29,36)(H,30,37). The summed E-state index contributed by atoms with van der Waals surface area (Å²) >= 11 is 0. The van der Waals surface area contributed by atoms with E-state index in [9.17, 15) is 24.0 Å². The van der Waals surface area contributed by atoms with E-state index in [1.165, 1.54) is 0 Å². The van der Waals surface area contributed by atoms with Crippen molar-refractivity contribution in [2.45, 2.75) is 26.5 Å². The second-order valence-electron chi connectivity index (χ2n) is 8.40. The van der Waals surface area contributed by atoms with E-state index in [1.54, 1.807) is 10.9 Å². The first-order chi connectivity index (χ1) is 20.8. The van der Waals surface area contributed by atoms with Crippen LogP contribution in [0.5, 0.6) is 0 Å². The van der Waals surface area contributed by atoms with Gasteiger partial charge in [-0.3, -0.25) is 19.2 Å². The summed E-state index contributed by atoms with van der Waals surface area (Å²) in [6, 6.07) is 0. The van der Waals surface area contributed by atoms with Crippen molar-refractivity contribution < 1.29 is 47.8 Å². The van der Waals surface area contributed by atoms with Crippen molar-refractivity contribution in [2.75, 3.05) is 79.0 Å². The zero-order chi connectivity index (χ0) is 31.5. The van der Waals surface area contributed by atoms with E-state index in [0.717, 1.165) is 13.0 Å². The van der Waals surface area contributed by atoms with Crippen LogP contribution in [0.3, 0.4) is 0 Å². The summed E-state index contributed by atoms with van der Waals surface area (Å²) in [6.45, 7) is 7.27. The molecule has 1 rings (SSSR count). The molecule has 1 aromatic heterocycles. The maximum atomic E-state index is 11.8. The topological polar surface area (TPSA) is 235 Å². The molecule has 5 N–H and O–H groups in total. The van der Waals surface area contributed by atoms with Crippen LogP contribution in [0.1, 0.15) is 19.0 Å². The summed E-state index contributed by atoms with van der Waals surface area (Å²) in [6.07, 6.45) is 1.90. The first kappa shape index (κ1) is 36.7. The molecule has 1 aromatic rings. The molecule has 0 aliphatic carbocycles. The molecule has 5 amide bonds. The van der Waals surface area contributed by atoms with Gasteiger partial charge in [0.25, 0.3) is 5.91 Å².